The fraction of sp³-hybridized carbons (Fsp3) is 0.400. The summed E-state index contributed by atoms with van der Waals surface area (Å²) < 4.78 is 93.9. The highest BCUT2D eigenvalue weighted by molar-refractivity contribution is 5.35. The molecule has 0 amide bonds. The smallest absolute Gasteiger partial charge is 0.352 e. The molecule has 4 rings (SSSR count). The van der Waals surface area contributed by atoms with E-state index < -0.39 is 35.9 Å². The number of hydrogen-bond donors (Lipinski definition) is 0. The van der Waals surface area contributed by atoms with E-state index in [0.717, 1.165) is 11.4 Å². The minimum Gasteiger partial charge on any atom is -0.352 e. The molecule has 0 radical (unpaired) electrons. The summed E-state index contributed by atoms with van der Waals surface area (Å²) in [6.07, 6.45) is -7.78. The average Bonchev–Trinajstić information content (AvgIpc) is 3.23. The number of rotatable bonds is 5. The van der Waals surface area contributed by atoms with E-state index in [0.29, 0.717) is 25.2 Å². The first-order chi connectivity index (χ1) is 16.4. The van der Waals surface area contributed by atoms with Gasteiger partial charge < -0.3 is 14.0 Å². The third-order valence-electron chi connectivity index (χ3n) is 6.23. The van der Waals surface area contributed by atoms with Gasteiger partial charge in [0.1, 0.15) is 5.82 Å². The first kappa shape index (κ1) is 25.2. The van der Waals surface area contributed by atoms with Gasteiger partial charge >= 0.3 is 12.4 Å². The zero-order valence-corrected chi connectivity index (χ0v) is 19.0. The number of nitrogens with zero attached hydrogens (tertiary/aromatic N) is 2. The zero-order chi connectivity index (χ0) is 25.4. The molecule has 0 spiro atoms. The van der Waals surface area contributed by atoms with Gasteiger partial charge in [0.15, 0.2) is 6.29 Å². The number of halogens is 6. The lowest BCUT2D eigenvalue weighted by atomic mass is 9.81. The molecule has 188 valence electrons. The summed E-state index contributed by atoms with van der Waals surface area (Å²) in [5.41, 5.74) is -2.13. The maximum Gasteiger partial charge on any atom is 0.416 e. The van der Waals surface area contributed by atoms with Crippen molar-refractivity contribution in [3.63, 3.8) is 0 Å². The summed E-state index contributed by atoms with van der Waals surface area (Å²) in [4.78, 5) is 4.47. The van der Waals surface area contributed by atoms with Crippen molar-refractivity contribution >= 4 is 0 Å². The van der Waals surface area contributed by atoms with Crippen molar-refractivity contribution in [3.05, 3.63) is 89.0 Å². The van der Waals surface area contributed by atoms with E-state index in [1.54, 1.807) is 6.20 Å². The average molecular weight is 498 g/mol. The molecule has 1 fully saturated rings. The Kier molecular flexibility index (Phi) is 6.97. The van der Waals surface area contributed by atoms with E-state index in [9.17, 15) is 26.3 Å². The fourth-order valence-electron chi connectivity index (χ4n) is 4.49. The Hall–Kier alpha value is -2.85. The van der Waals surface area contributed by atoms with Crippen molar-refractivity contribution in [2.45, 2.75) is 49.9 Å². The summed E-state index contributed by atoms with van der Waals surface area (Å²) in [6.45, 7) is 1.72. The Labute approximate surface area is 198 Å². The quantitative estimate of drug-likeness (QED) is 0.361. The molecule has 10 heteroatoms. The second-order valence-electron chi connectivity index (χ2n) is 8.58. The summed E-state index contributed by atoms with van der Waals surface area (Å²) in [6, 6.07) is 10.8. The minimum absolute atomic E-state index is 0.108. The van der Waals surface area contributed by atoms with Crippen LogP contribution in [0.25, 0.3) is 0 Å². The van der Waals surface area contributed by atoms with Crippen molar-refractivity contribution in [3.8, 4) is 0 Å². The number of aromatic nitrogens is 2. The van der Waals surface area contributed by atoms with E-state index in [1.807, 2.05) is 48.1 Å². The van der Waals surface area contributed by atoms with E-state index in [2.05, 4.69) is 4.98 Å². The maximum atomic E-state index is 13.3. The molecule has 1 aliphatic rings. The lowest BCUT2D eigenvalue weighted by molar-refractivity contribution is -0.202. The zero-order valence-electron chi connectivity index (χ0n) is 19.0. The molecule has 2 heterocycles. The number of benzene rings is 2. The molecule has 3 aromatic rings. The van der Waals surface area contributed by atoms with Crippen molar-refractivity contribution < 1.29 is 35.8 Å². The monoisotopic (exact) mass is 498 g/mol. The largest absolute Gasteiger partial charge is 0.416 e. The summed E-state index contributed by atoms with van der Waals surface area (Å²) in [5, 5.41) is 0. The number of alkyl halides is 6. The molecule has 1 aliphatic heterocycles. The van der Waals surface area contributed by atoms with Gasteiger partial charge in [0.25, 0.3) is 0 Å². The molecular weight excluding hydrogens is 474 g/mol. The van der Waals surface area contributed by atoms with Gasteiger partial charge in [0.2, 0.25) is 0 Å². The third kappa shape index (κ3) is 5.54. The highest BCUT2D eigenvalue weighted by atomic mass is 19.4. The SMILES string of the molecule is CC(OC1OCCC(c2nccn2C)C1c1ccccc1)c1cc(C(F)(F)F)cc(C(F)(F)F)c1. The van der Waals surface area contributed by atoms with Crippen LogP contribution < -0.4 is 0 Å². The van der Waals surface area contributed by atoms with Crippen LogP contribution in [0.1, 0.15) is 59.4 Å². The van der Waals surface area contributed by atoms with Crippen LogP contribution in [0.2, 0.25) is 0 Å². The molecule has 2 aromatic carbocycles. The molecule has 0 N–H and O–H groups in total. The van der Waals surface area contributed by atoms with Gasteiger partial charge in [-0.05, 0) is 42.7 Å². The molecule has 4 nitrogen and oxygen atoms in total. The highest BCUT2D eigenvalue weighted by Crippen LogP contribution is 2.44. The molecule has 4 atom stereocenters. The van der Waals surface area contributed by atoms with Crippen molar-refractivity contribution in [2.24, 2.45) is 7.05 Å². The van der Waals surface area contributed by atoms with Crippen LogP contribution in [0.15, 0.2) is 60.9 Å². The second-order valence-corrected chi connectivity index (χ2v) is 8.58. The van der Waals surface area contributed by atoms with Gasteiger partial charge in [-0.3, -0.25) is 0 Å². The van der Waals surface area contributed by atoms with Crippen LogP contribution in [0.3, 0.4) is 0 Å². The van der Waals surface area contributed by atoms with E-state index in [4.69, 9.17) is 9.47 Å². The van der Waals surface area contributed by atoms with Gasteiger partial charge in [0, 0.05) is 31.3 Å². The Morgan fingerprint density at radius 1 is 1.00 bits per heavy atom. The third-order valence-corrected chi connectivity index (χ3v) is 6.23. The maximum absolute atomic E-state index is 13.3. The van der Waals surface area contributed by atoms with Crippen LogP contribution in [0, 0.1) is 0 Å². The lowest BCUT2D eigenvalue weighted by Crippen LogP contribution is -2.37. The first-order valence-electron chi connectivity index (χ1n) is 11.0. The summed E-state index contributed by atoms with van der Waals surface area (Å²) >= 11 is 0. The van der Waals surface area contributed by atoms with E-state index in [1.165, 1.54) is 6.92 Å². The molecule has 35 heavy (non-hydrogen) atoms. The van der Waals surface area contributed by atoms with Crippen molar-refractivity contribution in [1.29, 1.82) is 0 Å². The molecule has 0 bridgehead atoms. The van der Waals surface area contributed by atoms with Gasteiger partial charge in [-0.25, -0.2) is 4.98 Å². The van der Waals surface area contributed by atoms with Crippen LogP contribution >= 0.6 is 0 Å². The normalized spacial score (nSPS) is 22.2. The standard InChI is InChI=1S/C25H24F6N2O2/c1-15(17-12-18(24(26,27)28)14-19(13-17)25(29,30)31)35-23-21(16-6-4-3-5-7-16)20(8-11-34-23)22-32-9-10-33(22)2/h3-7,9-10,12-15,20-21,23H,8,11H2,1-2H3. The first-order valence-corrected chi connectivity index (χ1v) is 11.0. The predicted octanol–water partition coefficient (Wildman–Crippen LogP) is 6.85. The summed E-state index contributed by atoms with van der Waals surface area (Å²) in [5.74, 6) is 0.291. The Morgan fingerprint density at radius 3 is 2.17 bits per heavy atom. The van der Waals surface area contributed by atoms with Gasteiger partial charge in [-0.1, -0.05) is 30.3 Å². The fourth-order valence-corrected chi connectivity index (χ4v) is 4.49. The van der Waals surface area contributed by atoms with Gasteiger partial charge in [-0.15, -0.1) is 0 Å². The van der Waals surface area contributed by atoms with Crippen LogP contribution in [-0.2, 0) is 28.9 Å². The molecule has 0 aliphatic carbocycles. The van der Waals surface area contributed by atoms with Crippen molar-refractivity contribution in [2.75, 3.05) is 6.61 Å². The summed E-state index contributed by atoms with van der Waals surface area (Å²) in [7, 11) is 1.86. The van der Waals surface area contributed by atoms with E-state index >= 15 is 0 Å². The van der Waals surface area contributed by atoms with E-state index in [-0.39, 0.29) is 23.5 Å². The van der Waals surface area contributed by atoms with Gasteiger partial charge in [-0.2, -0.15) is 26.3 Å². The second kappa shape index (κ2) is 9.66. The Balaban J connectivity index is 1.69. The molecule has 0 saturated carbocycles. The number of imidazole rings is 1. The predicted molar refractivity (Wildman–Crippen MR) is 115 cm³/mol. The molecule has 1 aromatic heterocycles. The molecule has 1 saturated heterocycles. The van der Waals surface area contributed by atoms with Crippen LogP contribution in [0.4, 0.5) is 26.3 Å². The minimum atomic E-state index is -4.94. The highest BCUT2D eigenvalue weighted by Gasteiger charge is 2.41. The number of ether oxygens (including phenoxy) is 2. The van der Waals surface area contributed by atoms with Crippen LogP contribution in [0.5, 0.6) is 0 Å². The number of hydrogen-bond acceptors (Lipinski definition) is 3. The van der Waals surface area contributed by atoms with Crippen LogP contribution in [-0.4, -0.2) is 22.4 Å². The Morgan fingerprint density at radius 2 is 1.63 bits per heavy atom. The molecular formula is C25H24F6N2O2. The lowest BCUT2D eigenvalue weighted by Gasteiger charge is -2.39. The van der Waals surface area contributed by atoms with Gasteiger partial charge in [0.05, 0.1) is 23.8 Å². The molecule has 4 unspecified atom stereocenters. The Bertz CT molecular complexity index is 1110. The topological polar surface area (TPSA) is 36.3 Å². The number of aryl methyl sites for hydroxylation is 1. The van der Waals surface area contributed by atoms with Crippen molar-refractivity contribution in [1.82, 2.24) is 9.55 Å².